The number of ether oxygens (including phenoxy) is 1. The molecule has 1 N–H and O–H groups in total. The topological polar surface area (TPSA) is 60.2 Å². The largest absolute Gasteiger partial charge is 0.425 e. The third-order valence-electron chi connectivity index (χ3n) is 3.26. The summed E-state index contributed by atoms with van der Waals surface area (Å²) in [4.78, 5) is 0. The summed E-state index contributed by atoms with van der Waals surface area (Å²) in [5.74, 6) is 2.39. The van der Waals surface area contributed by atoms with E-state index in [0.717, 1.165) is 50.8 Å². The molecule has 0 bridgehead atoms. The maximum atomic E-state index is 5.73. The van der Waals surface area contributed by atoms with Crippen molar-refractivity contribution < 1.29 is 9.15 Å². The zero-order valence-electron chi connectivity index (χ0n) is 10.6. The molecule has 1 fully saturated rings. The van der Waals surface area contributed by atoms with Gasteiger partial charge in [0.15, 0.2) is 0 Å². The summed E-state index contributed by atoms with van der Waals surface area (Å²) in [6, 6.07) is 0. The van der Waals surface area contributed by atoms with Gasteiger partial charge in [0, 0.05) is 25.6 Å². The maximum absolute atomic E-state index is 5.73. The van der Waals surface area contributed by atoms with Crippen LogP contribution in [-0.2, 0) is 11.2 Å². The molecule has 1 saturated heterocycles. The Bertz CT molecular complexity index is 340. The van der Waals surface area contributed by atoms with Crippen molar-refractivity contribution in [2.45, 2.75) is 32.1 Å². The number of hydrogen-bond donors (Lipinski definition) is 1. The molecule has 0 radical (unpaired) electrons. The molecule has 0 spiro atoms. The Morgan fingerprint density at radius 2 is 2.29 bits per heavy atom. The minimum Gasteiger partial charge on any atom is -0.425 e. The van der Waals surface area contributed by atoms with Gasteiger partial charge in [-0.1, -0.05) is 6.92 Å². The lowest BCUT2D eigenvalue weighted by Crippen LogP contribution is -2.23. The Labute approximate surface area is 102 Å². The minimum absolute atomic E-state index is 0.370. The number of aromatic nitrogens is 2. The fourth-order valence-corrected chi connectivity index (χ4v) is 2.18. The van der Waals surface area contributed by atoms with Gasteiger partial charge in [-0.3, -0.25) is 0 Å². The molecule has 0 aliphatic carbocycles. The van der Waals surface area contributed by atoms with Crippen LogP contribution < -0.4 is 5.32 Å². The van der Waals surface area contributed by atoms with Crippen LogP contribution >= 0.6 is 0 Å². The van der Waals surface area contributed by atoms with Gasteiger partial charge in [-0.05, 0) is 32.4 Å². The molecule has 2 unspecified atom stereocenters. The molecule has 1 aromatic heterocycles. The number of rotatable bonds is 5. The molecular weight excluding hydrogens is 218 g/mol. The molecule has 1 aliphatic heterocycles. The van der Waals surface area contributed by atoms with Crippen molar-refractivity contribution in [3.8, 4) is 0 Å². The maximum Gasteiger partial charge on any atom is 0.220 e. The highest BCUT2D eigenvalue weighted by Gasteiger charge is 2.28. The fourth-order valence-electron chi connectivity index (χ4n) is 2.18. The van der Waals surface area contributed by atoms with Gasteiger partial charge >= 0.3 is 0 Å². The van der Waals surface area contributed by atoms with E-state index in [1.807, 2.05) is 7.05 Å². The smallest absolute Gasteiger partial charge is 0.220 e. The lowest BCUT2D eigenvalue weighted by molar-refractivity contribution is 0.0404. The molecular formula is C12H21N3O2. The van der Waals surface area contributed by atoms with Crippen LogP contribution in [0.2, 0.25) is 0 Å². The van der Waals surface area contributed by atoms with Crippen LogP contribution in [0.1, 0.15) is 37.5 Å². The summed E-state index contributed by atoms with van der Waals surface area (Å²) < 4.78 is 11.2. The quantitative estimate of drug-likeness (QED) is 0.786. The van der Waals surface area contributed by atoms with Crippen molar-refractivity contribution in [1.29, 1.82) is 0 Å². The van der Waals surface area contributed by atoms with E-state index in [4.69, 9.17) is 9.15 Å². The van der Waals surface area contributed by atoms with Gasteiger partial charge in [0.1, 0.15) is 0 Å². The number of hydrogen-bond acceptors (Lipinski definition) is 5. The Morgan fingerprint density at radius 1 is 1.41 bits per heavy atom. The van der Waals surface area contributed by atoms with Crippen LogP contribution in [0.15, 0.2) is 4.42 Å². The summed E-state index contributed by atoms with van der Waals surface area (Å²) >= 11 is 0. The first-order valence-electron chi connectivity index (χ1n) is 6.36. The molecule has 0 saturated carbocycles. The van der Waals surface area contributed by atoms with Gasteiger partial charge in [0.05, 0.1) is 0 Å². The van der Waals surface area contributed by atoms with Gasteiger partial charge in [-0.2, -0.15) is 0 Å². The molecule has 17 heavy (non-hydrogen) atoms. The van der Waals surface area contributed by atoms with E-state index in [0.29, 0.717) is 11.8 Å². The third-order valence-corrected chi connectivity index (χ3v) is 3.26. The van der Waals surface area contributed by atoms with E-state index in [9.17, 15) is 0 Å². The fraction of sp³-hybridized carbons (Fsp3) is 0.833. The Morgan fingerprint density at radius 3 is 3.06 bits per heavy atom. The van der Waals surface area contributed by atoms with Crippen molar-refractivity contribution in [3.63, 3.8) is 0 Å². The molecule has 5 nitrogen and oxygen atoms in total. The predicted octanol–water partition coefficient (Wildman–Crippen LogP) is 1.36. The van der Waals surface area contributed by atoms with Crippen molar-refractivity contribution >= 4 is 0 Å². The van der Waals surface area contributed by atoms with E-state index >= 15 is 0 Å². The Balaban J connectivity index is 1.92. The van der Waals surface area contributed by atoms with Crippen molar-refractivity contribution in [1.82, 2.24) is 15.5 Å². The number of nitrogens with zero attached hydrogens (tertiary/aromatic N) is 2. The SMILES string of the molecule is CNCCCc1nnc(C2CCOCC2C)o1. The second kappa shape index (κ2) is 6.12. The van der Waals surface area contributed by atoms with Crippen molar-refractivity contribution in [3.05, 3.63) is 11.8 Å². The third kappa shape index (κ3) is 3.26. The standard InChI is InChI=1S/C12H21N3O2/c1-9-8-16-7-5-10(9)12-15-14-11(17-12)4-3-6-13-2/h9-10,13H,3-8H2,1-2H3. The first kappa shape index (κ1) is 12.5. The van der Waals surface area contributed by atoms with Crippen LogP contribution in [0.5, 0.6) is 0 Å². The second-order valence-corrected chi connectivity index (χ2v) is 4.69. The van der Waals surface area contributed by atoms with Crippen LogP contribution in [0.25, 0.3) is 0 Å². The van der Waals surface area contributed by atoms with Crippen molar-refractivity contribution in [2.75, 3.05) is 26.8 Å². The van der Waals surface area contributed by atoms with Crippen LogP contribution in [0, 0.1) is 5.92 Å². The summed E-state index contributed by atoms with van der Waals surface area (Å²) in [7, 11) is 1.95. The summed E-state index contributed by atoms with van der Waals surface area (Å²) in [6.07, 6.45) is 2.87. The Hall–Kier alpha value is -0.940. The van der Waals surface area contributed by atoms with Gasteiger partial charge in [0.2, 0.25) is 11.8 Å². The molecule has 96 valence electrons. The normalized spacial score (nSPS) is 25.1. The van der Waals surface area contributed by atoms with Crippen LogP contribution in [-0.4, -0.2) is 37.0 Å². The molecule has 2 atom stereocenters. The van der Waals surface area contributed by atoms with E-state index < -0.39 is 0 Å². The van der Waals surface area contributed by atoms with E-state index in [1.165, 1.54) is 0 Å². The average Bonchev–Trinajstić information content (AvgIpc) is 2.79. The first-order chi connectivity index (χ1) is 8.31. The predicted molar refractivity (Wildman–Crippen MR) is 63.9 cm³/mol. The molecule has 0 aromatic carbocycles. The molecule has 1 aliphatic rings. The molecule has 1 aromatic rings. The molecule has 0 amide bonds. The van der Waals surface area contributed by atoms with Gasteiger partial charge < -0.3 is 14.5 Å². The monoisotopic (exact) mass is 239 g/mol. The lowest BCUT2D eigenvalue weighted by atomic mass is 9.90. The number of aryl methyl sites for hydroxylation is 1. The van der Waals surface area contributed by atoms with E-state index in [2.05, 4.69) is 22.4 Å². The molecule has 5 heteroatoms. The molecule has 2 heterocycles. The Kier molecular flexibility index (Phi) is 4.50. The van der Waals surface area contributed by atoms with Crippen LogP contribution in [0.3, 0.4) is 0 Å². The minimum atomic E-state index is 0.370. The highest BCUT2D eigenvalue weighted by molar-refractivity contribution is 4.95. The van der Waals surface area contributed by atoms with E-state index in [-0.39, 0.29) is 0 Å². The highest BCUT2D eigenvalue weighted by Crippen LogP contribution is 2.30. The highest BCUT2D eigenvalue weighted by atomic mass is 16.5. The van der Waals surface area contributed by atoms with E-state index in [1.54, 1.807) is 0 Å². The van der Waals surface area contributed by atoms with Crippen LogP contribution in [0.4, 0.5) is 0 Å². The zero-order chi connectivity index (χ0) is 12.1. The van der Waals surface area contributed by atoms with Crippen molar-refractivity contribution in [2.24, 2.45) is 5.92 Å². The van der Waals surface area contributed by atoms with Gasteiger partial charge in [-0.15, -0.1) is 10.2 Å². The number of nitrogens with one attached hydrogen (secondary N) is 1. The summed E-state index contributed by atoms with van der Waals surface area (Å²) in [5, 5.41) is 11.4. The lowest BCUT2D eigenvalue weighted by Gasteiger charge is -2.25. The van der Waals surface area contributed by atoms with Gasteiger partial charge in [0.25, 0.3) is 0 Å². The molecule has 2 rings (SSSR count). The summed E-state index contributed by atoms with van der Waals surface area (Å²) in [6.45, 7) is 4.74. The first-order valence-corrected chi connectivity index (χ1v) is 6.36. The summed E-state index contributed by atoms with van der Waals surface area (Å²) in [5.41, 5.74) is 0. The second-order valence-electron chi connectivity index (χ2n) is 4.69. The average molecular weight is 239 g/mol. The zero-order valence-corrected chi connectivity index (χ0v) is 10.6. The van der Waals surface area contributed by atoms with Gasteiger partial charge in [-0.25, -0.2) is 0 Å².